The molecule has 0 saturated carbocycles. The van der Waals surface area contributed by atoms with E-state index in [4.69, 9.17) is 15.2 Å². The number of nitrogen functional groups attached to an aromatic ring is 1. The van der Waals surface area contributed by atoms with Gasteiger partial charge in [0.2, 0.25) is 5.82 Å². The summed E-state index contributed by atoms with van der Waals surface area (Å²) in [6, 6.07) is 1.13. The van der Waals surface area contributed by atoms with Gasteiger partial charge in [-0.15, -0.1) is 0 Å². The fourth-order valence-electron chi connectivity index (χ4n) is 2.29. The Morgan fingerprint density at radius 1 is 1.13 bits per heavy atom. The third kappa shape index (κ3) is 8.41. The highest BCUT2D eigenvalue weighted by molar-refractivity contribution is 5.99. The normalized spacial score (nSPS) is 12.6. The zero-order valence-electron chi connectivity index (χ0n) is 18.0. The minimum Gasteiger partial charge on any atom is -0.460 e. The summed E-state index contributed by atoms with van der Waals surface area (Å²) in [5, 5.41) is 13.6. The van der Waals surface area contributed by atoms with Gasteiger partial charge < -0.3 is 30.6 Å². The second kappa shape index (κ2) is 9.51. The zero-order chi connectivity index (χ0) is 23.3. The maximum Gasteiger partial charge on any atom is 0.378 e. The van der Waals surface area contributed by atoms with Gasteiger partial charge >= 0.3 is 17.8 Å². The molecular formula is C19H28N4O7. The maximum atomic E-state index is 12.6. The first kappa shape index (κ1) is 24.8. The van der Waals surface area contributed by atoms with Crippen LogP contribution in [0.5, 0.6) is 0 Å². The first-order valence-electron chi connectivity index (χ1n) is 9.25. The fourth-order valence-corrected chi connectivity index (χ4v) is 2.29. The first-order valence-corrected chi connectivity index (χ1v) is 9.25. The molecule has 30 heavy (non-hydrogen) atoms. The van der Waals surface area contributed by atoms with E-state index in [0.29, 0.717) is 0 Å². The molecule has 1 atom stereocenters. The number of nitrogens with two attached hydrogens (primary N) is 1. The third-order valence-corrected chi connectivity index (χ3v) is 3.37. The van der Waals surface area contributed by atoms with Crippen molar-refractivity contribution in [2.24, 2.45) is 0 Å². The lowest BCUT2D eigenvalue weighted by Crippen LogP contribution is -2.44. The van der Waals surface area contributed by atoms with Crippen LogP contribution in [0.1, 0.15) is 64.7 Å². The van der Waals surface area contributed by atoms with Crippen LogP contribution in [0, 0.1) is 10.1 Å². The highest BCUT2D eigenvalue weighted by Crippen LogP contribution is 2.19. The molecular weight excluding hydrogens is 396 g/mol. The average Bonchev–Trinajstić information content (AvgIpc) is 2.54. The molecule has 0 aromatic carbocycles. The summed E-state index contributed by atoms with van der Waals surface area (Å²) < 4.78 is 10.5. The van der Waals surface area contributed by atoms with Gasteiger partial charge in [0.1, 0.15) is 22.8 Å². The number of nitrogens with one attached hydrogen (secondary N) is 1. The van der Waals surface area contributed by atoms with Crippen LogP contribution in [0.2, 0.25) is 0 Å². The van der Waals surface area contributed by atoms with Crippen LogP contribution < -0.4 is 11.1 Å². The number of aromatic nitrogens is 1. The minimum absolute atomic E-state index is 0.119. The summed E-state index contributed by atoms with van der Waals surface area (Å²) in [6.45, 7) is 10.0. The molecule has 11 nitrogen and oxygen atoms in total. The van der Waals surface area contributed by atoms with Crippen LogP contribution in [0.4, 0.5) is 11.6 Å². The number of hydrogen-bond acceptors (Lipinski definition) is 9. The lowest BCUT2D eigenvalue weighted by molar-refractivity contribution is -0.389. The van der Waals surface area contributed by atoms with Crippen LogP contribution >= 0.6 is 0 Å². The molecule has 1 heterocycles. The Bertz CT molecular complexity index is 825. The molecule has 0 spiro atoms. The summed E-state index contributed by atoms with van der Waals surface area (Å²) in [6.07, 6.45) is -0.296. The molecule has 0 saturated heterocycles. The number of ether oxygens (including phenoxy) is 2. The van der Waals surface area contributed by atoms with Crippen LogP contribution in [-0.4, -0.2) is 45.0 Å². The summed E-state index contributed by atoms with van der Waals surface area (Å²) in [5.74, 6) is -3.15. The van der Waals surface area contributed by atoms with Crippen molar-refractivity contribution < 1.29 is 28.8 Å². The number of anilines is 1. The molecule has 11 heteroatoms. The monoisotopic (exact) mass is 424 g/mol. The van der Waals surface area contributed by atoms with E-state index in [1.54, 1.807) is 41.5 Å². The maximum absolute atomic E-state index is 12.6. The van der Waals surface area contributed by atoms with E-state index in [0.717, 1.165) is 6.07 Å². The summed E-state index contributed by atoms with van der Waals surface area (Å²) in [7, 11) is 0. The van der Waals surface area contributed by atoms with Gasteiger partial charge in [-0.1, -0.05) is 0 Å². The second-order valence-electron chi connectivity index (χ2n) is 8.55. The van der Waals surface area contributed by atoms with Crippen molar-refractivity contribution in [3.63, 3.8) is 0 Å². The van der Waals surface area contributed by atoms with Crippen molar-refractivity contribution in [2.75, 3.05) is 5.73 Å². The highest BCUT2D eigenvalue weighted by atomic mass is 16.6. The Labute approximate surface area is 174 Å². The van der Waals surface area contributed by atoms with Crippen LogP contribution in [0.3, 0.4) is 0 Å². The van der Waals surface area contributed by atoms with Gasteiger partial charge in [-0.2, -0.15) is 0 Å². The van der Waals surface area contributed by atoms with E-state index in [1.807, 2.05) is 0 Å². The Morgan fingerprint density at radius 3 is 2.20 bits per heavy atom. The van der Waals surface area contributed by atoms with Crippen molar-refractivity contribution in [1.82, 2.24) is 10.3 Å². The summed E-state index contributed by atoms with van der Waals surface area (Å²) in [4.78, 5) is 51.0. The molecule has 0 fully saturated rings. The van der Waals surface area contributed by atoms with E-state index in [1.165, 1.54) is 6.07 Å². The molecule has 3 N–H and O–H groups in total. The van der Waals surface area contributed by atoms with E-state index >= 15 is 0 Å². The van der Waals surface area contributed by atoms with Crippen molar-refractivity contribution in [3.8, 4) is 0 Å². The predicted octanol–water partition coefficient (Wildman–Crippen LogP) is 2.13. The van der Waals surface area contributed by atoms with Crippen molar-refractivity contribution in [2.45, 2.75) is 71.6 Å². The summed E-state index contributed by atoms with van der Waals surface area (Å²) in [5.41, 5.74) is 3.51. The SMILES string of the molecule is CC(C)(C)OC(=O)CC[C@H](NC(=O)c1ccc(N)nc1[N+](=O)[O-])C(=O)OC(C)(C)C. The van der Waals surface area contributed by atoms with Crippen LogP contribution in [0.15, 0.2) is 12.1 Å². The number of pyridine rings is 1. The van der Waals surface area contributed by atoms with Crippen LogP contribution in [-0.2, 0) is 19.1 Å². The molecule has 1 amide bonds. The van der Waals surface area contributed by atoms with E-state index in [-0.39, 0.29) is 24.2 Å². The predicted molar refractivity (Wildman–Crippen MR) is 107 cm³/mol. The van der Waals surface area contributed by atoms with Gasteiger partial charge in [0.15, 0.2) is 0 Å². The minimum atomic E-state index is -1.23. The molecule has 1 aromatic rings. The molecule has 0 radical (unpaired) electrons. The Hall–Kier alpha value is -3.24. The Balaban J connectivity index is 3.05. The number of rotatable bonds is 7. The third-order valence-electron chi connectivity index (χ3n) is 3.37. The largest absolute Gasteiger partial charge is 0.460 e. The molecule has 0 aliphatic heterocycles. The van der Waals surface area contributed by atoms with Crippen LogP contribution in [0.25, 0.3) is 0 Å². The fraction of sp³-hybridized carbons (Fsp3) is 0.579. The number of carbonyl (C=O) groups excluding carboxylic acids is 3. The van der Waals surface area contributed by atoms with E-state index in [2.05, 4.69) is 10.3 Å². The van der Waals surface area contributed by atoms with E-state index in [9.17, 15) is 24.5 Å². The van der Waals surface area contributed by atoms with Gasteiger partial charge in [-0.05, 0) is 63.9 Å². The number of hydrogen-bond donors (Lipinski definition) is 2. The van der Waals surface area contributed by atoms with Crippen molar-refractivity contribution in [3.05, 3.63) is 27.8 Å². The molecule has 1 aromatic heterocycles. The van der Waals surface area contributed by atoms with Gasteiger partial charge in [0.05, 0.1) is 0 Å². The number of nitrogens with zero attached hydrogens (tertiary/aromatic N) is 2. The van der Waals surface area contributed by atoms with E-state index < -0.39 is 45.8 Å². The number of nitro groups is 1. The highest BCUT2D eigenvalue weighted by Gasteiger charge is 2.31. The van der Waals surface area contributed by atoms with Gasteiger partial charge in [0.25, 0.3) is 5.91 Å². The lowest BCUT2D eigenvalue weighted by Gasteiger charge is -2.25. The number of carbonyl (C=O) groups is 3. The molecule has 0 bridgehead atoms. The van der Waals surface area contributed by atoms with Crippen molar-refractivity contribution >= 4 is 29.5 Å². The Kier molecular flexibility index (Phi) is 7.86. The molecule has 0 unspecified atom stereocenters. The first-order chi connectivity index (χ1) is 13.6. The summed E-state index contributed by atoms with van der Waals surface area (Å²) >= 11 is 0. The van der Waals surface area contributed by atoms with Gasteiger partial charge in [-0.25, -0.2) is 4.79 Å². The van der Waals surface area contributed by atoms with Crippen molar-refractivity contribution in [1.29, 1.82) is 0 Å². The quantitative estimate of drug-likeness (QED) is 0.379. The number of esters is 2. The number of amides is 1. The van der Waals surface area contributed by atoms with Gasteiger partial charge in [-0.3, -0.25) is 9.59 Å². The van der Waals surface area contributed by atoms with Gasteiger partial charge in [0, 0.05) is 12.5 Å². The lowest BCUT2D eigenvalue weighted by atomic mass is 10.1. The topological polar surface area (TPSA) is 164 Å². The average molecular weight is 424 g/mol. The molecule has 0 aliphatic rings. The second-order valence-corrected chi connectivity index (χ2v) is 8.55. The Morgan fingerprint density at radius 2 is 1.70 bits per heavy atom. The smallest absolute Gasteiger partial charge is 0.378 e. The molecule has 166 valence electrons. The molecule has 0 aliphatic carbocycles. The molecule has 1 rings (SSSR count). The zero-order valence-corrected chi connectivity index (χ0v) is 18.0. The standard InChI is InChI=1S/C19H28N4O7/c1-18(2,3)29-14(24)10-8-12(17(26)30-19(4,5)6)21-16(25)11-7-9-13(20)22-15(11)23(27)28/h7,9,12H,8,10H2,1-6H3,(H2,20,22)(H,21,25)/t12-/m0/s1.